The van der Waals surface area contributed by atoms with E-state index in [1.54, 1.807) is 0 Å². The fourth-order valence-electron chi connectivity index (χ4n) is 11.3. The van der Waals surface area contributed by atoms with Crippen molar-refractivity contribution in [3.05, 3.63) is 0 Å². The van der Waals surface area contributed by atoms with Crippen LogP contribution in [0.15, 0.2) is 0 Å². The molecule has 3 N–H and O–H groups in total. The molecule has 0 aromatic heterocycles. The van der Waals surface area contributed by atoms with Crippen molar-refractivity contribution in [2.75, 3.05) is 39.6 Å². The van der Waals surface area contributed by atoms with Gasteiger partial charge in [0.15, 0.2) is 12.2 Å². The van der Waals surface area contributed by atoms with Crippen molar-refractivity contribution in [3.8, 4) is 0 Å². The molecule has 0 fully saturated rings. The Morgan fingerprint density at radius 3 is 0.755 bits per heavy atom. The van der Waals surface area contributed by atoms with E-state index in [0.717, 1.165) is 114 Å². The Morgan fingerprint density at radius 1 is 0.298 bits per heavy atom. The number of rotatable bonds is 72. The summed E-state index contributed by atoms with van der Waals surface area (Å²) in [6, 6.07) is 0. The van der Waals surface area contributed by atoms with E-state index in [0.29, 0.717) is 31.6 Å². The lowest BCUT2D eigenvalue weighted by atomic mass is 9.99. The highest BCUT2D eigenvalue weighted by Gasteiger charge is 2.30. The number of ether oxygens (including phenoxy) is 4. The summed E-state index contributed by atoms with van der Waals surface area (Å²) in [4.78, 5) is 72.7. The Morgan fingerprint density at radius 2 is 0.511 bits per heavy atom. The predicted molar refractivity (Wildman–Crippen MR) is 381 cm³/mol. The first-order valence-electron chi connectivity index (χ1n) is 38.7. The van der Waals surface area contributed by atoms with Gasteiger partial charge < -0.3 is 33.8 Å². The summed E-state index contributed by atoms with van der Waals surface area (Å²) in [5, 5.41) is 10.6. The molecule has 0 aromatic rings. The van der Waals surface area contributed by atoms with E-state index in [4.69, 9.17) is 37.0 Å². The summed E-state index contributed by atoms with van der Waals surface area (Å²) in [6.45, 7) is 14.2. The second kappa shape index (κ2) is 64.4. The molecule has 0 aliphatic heterocycles. The van der Waals surface area contributed by atoms with Crippen LogP contribution in [-0.4, -0.2) is 96.7 Å². The molecule has 17 nitrogen and oxygen atoms in total. The quantitative estimate of drug-likeness (QED) is 0.0222. The molecular weight excluding hydrogens is 1230 g/mol. The van der Waals surface area contributed by atoms with E-state index in [-0.39, 0.29) is 25.7 Å². The molecule has 0 aromatic carbocycles. The monoisotopic (exact) mass is 1380 g/mol. The van der Waals surface area contributed by atoms with Gasteiger partial charge in [0.05, 0.1) is 26.4 Å². The van der Waals surface area contributed by atoms with E-state index in [9.17, 15) is 43.2 Å². The molecule has 19 heteroatoms. The third kappa shape index (κ3) is 67.3. The standard InChI is InChI=1S/C75H146O17P2/c1-9-68(8)54-46-38-30-21-18-19-22-31-39-47-55-72(77)85-61-70(92-75(80)58-50-42-33-25-24-28-36-44-52-66(4)5)63-89-93(81,82)87-59-69(76)60-88-94(83,84)90-64-71(62-86-73(78)56-48-40-34-26-29-37-45-53-67(6)7)91-74(79)57-49-41-32-23-17-15-13-11-10-12-14-16-20-27-35-43-51-65(2)3/h65-71,76H,9-64H2,1-8H3,(H,81,82)(H,83,84)/t68?,69?,70-,71-/m1/s1. The number of carbonyl (C=O) groups excluding carboxylic acids is 4. The highest BCUT2D eigenvalue weighted by molar-refractivity contribution is 7.47. The molecule has 94 heavy (non-hydrogen) atoms. The first kappa shape index (κ1) is 92.1. The summed E-state index contributed by atoms with van der Waals surface area (Å²) in [6.07, 6.45) is 48.7. The van der Waals surface area contributed by atoms with Crippen LogP contribution in [0.5, 0.6) is 0 Å². The van der Waals surface area contributed by atoms with Gasteiger partial charge in [-0.1, -0.05) is 325 Å². The summed E-state index contributed by atoms with van der Waals surface area (Å²) in [5.74, 6) is 0.917. The maximum atomic E-state index is 13.1. The zero-order valence-electron chi connectivity index (χ0n) is 61.6. The lowest BCUT2D eigenvalue weighted by Gasteiger charge is -2.21. The van der Waals surface area contributed by atoms with Gasteiger partial charge in [0.2, 0.25) is 0 Å². The van der Waals surface area contributed by atoms with Crippen molar-refractivity contribution in [1.29, 1.82) is 0 Å². The SMILES string of the molecule is CCC(C)CCCCCCCCCCCCC(=O)OC[C@H](COP(=O)(O)OCC(O)COP(=O)(O)OC[C@@H](COC(=O)CCCCCCCCCC(C)C)OC(=O)CCCCCCCCCCCCCCCCCCC(C)C)OC(=O)CCCCCCCCCCC(C)C. The normalized spacial score (nSPS) is 14.4. The second-order valence-electron chi connectivity index (χ2n) is 28.7. The molecule has 0 radical (unpaired) electrons. The van der Waals surface area contributed by atoms with Crippen molar-refractivity contribution in [2.45, 2.75) is 395 Å². The van der Waals surface area contributed by atoms with Crippen molar-refractivity contribution < 1.29 is 80.2 Å². The average Bonchev–Trinajstić information content (AvgIpc) is 1.83. The molecule has 0 heterocycles. The third-order valence-electron chi connectivity index (χ3n) is 17.7. The van der Waals surface area contributed by atoms with Crippen molar-refractivity contribution >= 4 is 39.5 Å². The fraction of sp³-hybridized carbons (Fsp3) is 0.947. The first-order chi connectivity index (χ1) is 45.1. The van der Waals surface area contributed by atoms with Gasteiger partial charge in [-0.05, 0) is 49.4 Å². The lowest BCUT2D eigenvalue weighted by molar-refractivity contribution is -0.161. The molecule has 0 amide bonds. The van der Waals surface area contributed by atoms with E-state index in [1.807, 2.05) is 0 Å². The first-order valence-corrected chi connectivity index (χ1v) is 41.7. The number of aliphatic hydroxyl groups excluding tert-OH is 1. The van der Waals surface area contributed by atoms with Gasteiger partial charge in [-0.2, -0.15) is 0 Å². The Balaban J connectivity index is 5.21. The minimum Gasteiger partial charge on any atom is -0.462 e. The van der Waals surface area contributed by atoms with Crippen LogP contribution in [0.2, 0.25) is 0 Å². The summed E-state index contributed by atoms with van der Waals surface area (Å²) in [7, 11) is -9.91. The van der Waals surface area contributed by atoms with Crippen LogP contribution in [0.25, 0.3) is 0 Å². The minimum absolute atomic E-state index is 0.104. The second-order valence-corrected chi connectivity index (χ2v) is 31.6. The molecule has 0 spiro atoms. The molecule has 0 aliphatic rings. The van der Waals surface area contributed by atoms with E-state index >= 15 is 0 Å². The number of hydrogen-bond donors (Lipinski definition) is 3. The zero-order valence-corrected chi connectivity index (χ0v) is 63.4. The van der Waals surface area contributed by atoms with Crippen molar-refractivity contribution in [3.63, 3.8) is 0 Å². The van der Waals surface area contributed by atoms with Crippen LogP contribution in [0.1, 0.15) is 376 Å². The van der Waals surface area contributed by atoms with Crippen LogP contribution < -0.4 is 0 Å². The Hall–Kier alpha value is -1.94. The number of carbonyl (C=O) groups is 4. The molecular formula is C75H146O17P2. The zero-order chi connectivity index (χ0) is 69.6. The molecule has 0 bridgehead atoms. The maximum Gasteiger partial charge on any atom is 0.472 e. The summed E-state index contributed by atoms with van der Waals surface area (Å²) in [5.41, 5.74) is 0. The number of phosphoric acid groups is 2. The molecule has 558 valence electrons. The van der Waals surface area contributed by atoms with Gasteiger partial charge in [-0.25, -0.2) is 9.13 Å². The van der Waals surface area contributed by atoms with Crippen LogP contribution in [0.4, 0.5) is 0 Å². The van der Waals surface area contributed by atoms with Gasteiger partial charge in [-0.15, -0.1) is 0 Å². The molecule has 4 unspecified atom stereocenters. The smallest absolute Gasteiger partial charge is 0.462 e. The number of aliphatic hydroxyl groups is 1. The van der Waals surface area contributed by atoms with Gasteiger partial charge >= 0.3 is 39.5 Å². The fourth-order valence-corrected chi connectivity index (χ4v) is 12.9. The minimum atomic E-state index is -4.96. The Bertz CT molecular complexity index is 1850. The summed E-state index contributed by atoms with van der Waals surface area (Å²) < 4.78 is 68.4. The Kier molecular flexibility index (Phi) is 63.1. The molecule has 0 saturated heterocycles. The average molecular weight is 1380 g/mol. The van der Waals surface area contributed by atoms with Gasteiger partial charge in [0.25, 0.3) is 0 Å². The molecule has 0 aliphatic carbocycles. The largest absolute Gasteiger partial charge is 0.472 e. The van der Waals surface area contributed by atoms with Crippen LogP contribution in [-0.2, 0) is 65.4 Å². The van der Waals surface area contributed by atoms with Crippen LogP contribution >= 0.6 is 15.6 Å². The van der Waals surface area contributed by atoms with Crippen LogP contribution in [0, 0.1) is 23.7 Å². The molecule has 0 saturated carbocycles. The predicted octanol–water partition coefficient (Wildman–Crippen LogP) is 21.7. The lowest BCUT2D eigenvalue weighted by Crippen LogP contribution is -2.30. The molecule has 0 rings (SSSR count). The van der Waals surface area contributed by atoms with Crippen LogP contribution in [0.3, 0.4) is 0 Å². The van der Waals surface area contributed by atoms with Gasteiger partial charge in [0.1, 0.15) is 19.3 Å². The number of esters is 4. The van der Waals surface area contributed by atoms with E-state index in [1.165, 1.54) is 173 Å². The third-order valence-corrected chi connectivity index (χ3v) is 19.6. The van der Waals surface area contributed by atoms with Gasteiger partial charge in [-0.3, -0.25) is 37.3 Å². The topological polar surface area (TPSA) is 237 Å². The Labute approximate surface area is 575 Å². The van der Waals surface area contributed by atoms with E-state index < -0.39 is 97.5 Å². The van der Waals surface area contributed by atoms with Gasteiger partial charge in [0, 0.05) is 25.7 Å². The van der Waals surface area contributed by atoms with Crippen molar-refractivity contribution in [2.24, 2.45) is 23.7 Å². The highest BCUT2D eigenvalue weighted by atomic mass is 31.2. The summed E-state index contributed by atoms with van der Waals surface area (Å²) >= 11 is 0. The van der Waals surface area contributed by atoms with Crippen molar-refractivity contribution in [1.82, 2.24) is 0 Å². The maximum absolute atomic E-state index is 13.1. The van der Waals surface area contributed by atoms with E-state index in [2.05, 4.69) is 55.4 Å². The number of unbranched alkanes of at least 4 members (excludes halogenated alkanes) is 37. The number of hydrogen-bond acceptors (Lipinski definition) is 15. The number of phosphoric ester groups is 2. The molecule has 6 atom stereocenters. The highest BCUT2D eigenvalue weighted by Crippen LogP contribution is 2.45.